The molecule has 0 aliphatic carbocycles. The average Bonchev–Trinajstić information content (AvgIpc) is 0.722. The van der Waals surface area contributed by atoms with E-state index in [1.807, 2.05) is 0 Å². The van der Waals surface area contributed by atoms with Gasteiger partial charge in [0.25, 0.3) is 0 Å². The smallest absolute Gasteiger partial charge is 0 e. The first-order chi connectivity index (χ1) is 2.00. The van der Waals surface area contributed by atoms with Crippen molar-refractivity contribution in [1.82, 2.24) is 0 Å². The fraction of sp³-hybridized carbons (Fsp3) is 0. The standard InChI is InChI=1S/Ca.Li.Mn.H3O4P.V.3H/c;;;1-5(2,3)4;;;;/h;;;(H3,1,2,3,4);;;;. The van der Waals surface area contributed by atoms with E-state index in [1.54, 1.807) is 0 Å². The first kappa shape index (κ1) is 29.6. The zero-order valence-electron chi connectivity index (χ0n) is 3.02. The molecule has 3 N–H and O–H groups in total. The molecule has 0 aromatic carbocycles. The minimum absolute atomic E-state index is 0. The normalized spacial score (nSPS) is 6.56. The van der Waals surface area contributed by atoms with Crippen LogP contribution in [0.25, 0.3) is 0 Å². The Balaban J connectivity index is -0.0000000133. The van der Waals surface area contributed by atoms with Crippen LogP contribution >= 0.6 is 7.82 Å². The van der Waals surface area contributed by atoms with Crippen molar-refractivity contribution >= 4 is 64.4 Å². The SMILES string of the molecule is O=P(O)(O)O.[CaH2].[LiH].[Mn].[V]. The van der Waals surface area contributed by atoms with Gasteiger partial charge in [0, 0.05) is 35.6 Å². The van der Waals surface area contributed by atoms with Gasteiger partial charge in [-0.15, -0.1) is 0 Å². The third kappa shape index (κ3) is 96.6. The van der Waals surface area contributed by atoms with Crippen LogP contribution in [-0.4, -0.2) is 71.3 Å². The summed E-state index contributed by atoms with van der Waals surface area (Å²) in [6, 6.07) is 0. The second-order valence-corrected chi connectivity index (χ2v) is 1.54. The van der Waals surface area contributed by atoms with Gasteiger partial charge < -0.3 is 14.7 Å². The molecule has 0 aliphatic heterocycles. The van der Waals surface area contributed by atoms with Crippen LogP contribution in [0, 0.1) is 0 Å². The summed E-state index contributed by atoms with van der Waals surface area (Å²) >= 11 is 0. The number of hydrogen-bond acceptors (Lipinski definition) is 1. The molecule has 0 unspecified atom stereocenters. The second-order valence-electron chi connectivity index (χ2n) is 0.513. The van der Waals surface area contributed by atoms with Gasteiger partial charge in [0.05, 0.1) is 0 Å². The Hall–Kier alpha value is 3.07. The van der Waals surface area contributed by atoms with Gasteiger partial charge in [-0.2, -0.15) is 0 Å². The molecule has 0 spiro atoms. The molecule has 0 atom stereocenters. The summed E-state index contributed by atoms with van der Waals surface area (Å²) in [5.41, 5.74) is 0. The molecule has 50 valence electrons. The van der Waals surface area contributed by atoms with E-state index in [0.29, 0.717) is 0 Å². The Morgan fingerprint density at radius 2 is 1.11 bits per heavy atom. The predicted molar refractivity (Wildman–Crippen MR) is 30.0 cm³/mol. The maximum absolute atomic E-state index is 8.88. The van der Waals surface area contributed by atoms with Crippen molar-refractivity contribution < 1.29 is 54.9 Å². The van der Waals surface area contributed by atoms with Gasteiger partial charge in [0.1, 0.15) is 0 Å². The largest absolute Gasteiger partial charge is 0 e. The quantitative estimate of drug-likeness (QED) is 0.330. The van der Waals surface area contributed by atoms with E-state index in [4.69, 9.17) is 19.2 Å². The van der Waals surface area contributed by atoms with Gasteiger partial charge in [-0.1, -0.05) is 0 Å². The van der Waals surface area contributed by atoms with Gasteiger partial charge in [-0.3, -0.25) is 0 Å². The van der Waals surface area contributed by atoms with E-state index in [0.717, 1.165) is 0 Å². The molecule has 0 aromatic heterocycles. The molecule has 0 fully saturated rings. The third-order valence-corrected chi connectivity index (χ3v) is 0. The molecule has 4 nitrogen and oxygen atoms in total. The van der Waals surface area contributed by atoms with E-state index < -0.39 is 7.82 Å². The predicted octanol–water partition coefficient (Wildman–Crippen LogP) is -2.50. The molecule has 0 aromatic rings. The molecule has 0 rings (SSSR count). The summed E-state index contributed by atoms with van der Waals surface area (Å²) in [5, 5.41) is 0. The molecule has 0 aliphatic rings. The van der Waals surface area contributed by atoms with E-state index >= 15 is 0 Å². The van der Waals surface area contributed by atoms with Crippen molar-refractivity contribution in [3.63, 3.8) is 0 Å². The summed E-state index contributed by atoms with van der Waals surface area (Å²) in [5.74, 6) is 0. The van der Waals surface area contributed by atoms with Crippen LogP contribution < -0.4 is 0 Å². The fourth-order valence-corrected chi connectivity index (χ4v) is 0. The van der Waals surface area contributed by atoms with Crippen molar-refractivity contribution in [3.8, 4) is 0 Å². The van der Waals surface area contributed by atoms with E-state index in [1.165, 1.54) is 0 Å². The average molecular weight is 254 g/mol. The molecule has 2 radical (unpaired) electrons. The second kappa shape index (κ2) is 13.6. The van der Waals surface area contributed by atoms with Gasteiger partial charge in [-0.25, -0.2) is 4.57 Å². The molecule has 9 heavy (non-hydrogen) atoms. The Morgan fingerprint density at radius 1 is 1.11 bits per heavy atom. The number of hydrogen-bond donors (Lipinski definition) is 3. The summed E-state index contributed by atoms with van der Waals surface area (Å²) < 4.78 is 8.88. The Labute approximate surface area is 117 Å². The van der Waals surface area contributed by atoms with Crippen LogP contribution in [0.4, 0.5) is 0 Å². The van der Waals surface area contributed by atoms with Crippen LogP contribution in [0.1, 0.15) is 0 Å². The van der Waals surface area contributed by atoms with Crippen LogP contribution in [0.2, 0.25) is 0 Å². The van der Waals surface area contributed by atoms with E-state index in [2.05, 4.69) is 0 Å². The van der Waals surface area contributed by atoms with Gasteiger partial charge in [0.2, 0.25) is 0 Å². The van der Waals surface area contributed by atoms with E-state index in [-0.39, 0.29) is 92.2 Å². The summed E-state index contributed by atoms with van der Waals surface area (Å²) in [6.07, 6.45) is 0. The van der Waals surface area contributed by atoms with Crippen molar-refractivity contribution in [2.24, 2.45) is 0 Å². The molecule has 0 amide bonds. The van der Waals surface area contributed by atoms with Crippen molar-refractivity contribution in [3.05, 3.63) is 0 Å². The topological polar surface area (TPSA) is 77.8 Å². The zero-order chi connectivity index (χ0) is 4.50. The van der Waals surface area contributed by atoms with Crippen molar-refractivity contribution in [2.45, 2.75) is 0 Å². The fourth-order valence-electron chi connectivity index (χ4n) is 0. The van der Waals surface area contributed by atoms with E-state index in [9.17, 15) is 0 Å². The van der Waals surface area contributed by atoms with Gasteiger partial charge in [0.15, 0.2) is 0 Å². The van der Waals surface area contributed by atoms with Crippen molar-refractivity contribution in [1.29, 1.82) is 0 Å². The molecule has 0 saturated carbocycles. The maximum atomic E-state index is 8.88. The van der Waals surface area contributed by atoms with Crippen molar-refractivity contribution in [2.75, 3.05) is 0 Å². The molecular weight excluding hydrogens is 248 g/mol. The summed E-state index contributed by atoms with van der Waals surface area (Å²) in [4.78, 5) is 21.6. The maximum Gasteiger partial charge on any atom is 0 e. The Kier molecular flexibility index (Phi) is 44.9. The number of phosphoric acid groups is 1. The summed E-state index contributed by atoms with van der Waals surface area (Å²) in [7, 11) is -4.64. The third-order valence-electron chi connectivity index (χ3n) is 0. The van der Waals surface area contributed by atoms with Crippen LogP contribution in [0.5, 0.6) is 0 Å². The van der Waals surface area contributed by atoms with Crippen LogP contribution in [0.3, 0.4) is 0 Å². The van der Waals surface area contributed by atoms with Crippen LogP contribution in [-0.2, 0) is 40.2 Å². The first-order valence-corrected chi connectivity index (χ1v) is 2.35. The molecule has 9 heteroatoms. The minimum atomic E-state index is -4.64. The summed E-state index contributed by atoms with van der Waals surface area (Å²) in [6.45, 7) is 0. The molecule has 0 saturated heterocycles. The Morgan fingerprint density at radius 3 is 1.11 bits per heavy atom. The minimum Gasteiger partial charge on any atom is 0 e. The number of rotatable bonds is 0. The molecule has 0 bridgehead atoms. The first-order valence-electron chi connectivity index (χ1n) is 0.783. The monoisotopic (exact) mass is 254 g/mol. The van der Waals surface area contributed by atoms with Gasteiger partial charge >= 0.3 is 64.4 Å². The molecular formula is H6CaLiMnO4PV. The molecule has 0 heterocycles. The Bertz CT molecular complexity index is 66.7. The van der Waals surface area contributed by atoms with Crippen LogP contribution in [0.15, 0.2) is 0 Å². The van der Waals surface area contributed by atoms with Gasteiger partial charge in [-0.05, 0) is 0 Å². The zero-order valence-corrected chi connectivity index (χ0v) is 6.49.